The van der Waals surface area contributed by atoms with Crippen molar-refractivity contribution in [3.63, 3.8) is 0 Å². The first-order chi connectivity index (χ1) is 14.1. The number of anilines is 1. The molecule has 0 aliphatic heterocycles. The van der Waals surface area contributed by atoms with Gasteiger partial charge in [0.15, 0.2) is 10.9 Å². The fourth-order valence-corrected chi connectivity index (χ4v) is 4.60. The summed E-state index contributed by atoms with van der Waals surface area (Å²) in [6.07, 6.45) is 3.60. The maximum Gasteiger partial charge on any atom is 0.260 e. The van der Waals surface area contributed by atoms with Crippen LogP contribution in [-0.2, 0) is 6.54 Å². The van der Waals surface area contributed by atoms with Crippen molar-refractivity contribution in [1.29, 1.82) is 0 Å². The Morgan fingerprint density at radius 3 is 2.48 bits per heavy atom. The molecule has 0 spiro atoms. The van der Waals surface area contributed by atoms with Crippen molar-refractivity contribution in [2.24, 2.45) is 0 Å². The fraction of sp³-hybridized carbons (Fsp3) is 0.136. The first-order valence-electron chi connectivity index (χ1n) is 8.95. The summed E-state index contributed by atoms with van der Waals surface area (Å²) in [4.78, 5) is 32.3. The Bertz CT molecular complexity index is 1160. The van der Waals surface area contributed by atoms with Gasteiger partial charge >= 0.3 is 0 Å². The highest BCUT2D eigenvalue weighted by molar-refractivity contribution is 7.98. The molecule has 29 heavy (non-hydrogen) atoms. The lowest BCUT2D eigenvalue weighted by Gasteiger charge is -2.19. The Hall–Kier alpha value is -2.90. The van der Waals surface area contributed by atoms with Crippen LogP contribution in [0.25, 0.3) is 10.2 Å². The smallest absolute Gasteiger partial charge is 0.260 e. The molecule has 5 nitrogen and oxygen atoms in total. The summed E-state index contributed by atoms with van der Waals surface area (Å²) in [5.74, 6) is 0.441. The number of nitrogens with zero attached hydrogens (tertiary/aromatic N) is 2. The van der Waals surface area contributed by atoms with E-state index in [0.717, 1.165) is 15.1 Å². The van der Waals surface area contributed by atoms with Gasteiger partial charge in [-0.15, -0.1) is 11.8 Å². The third kappa shape index (κ3) is 3.97. The molecule has 0 unspecified atom stereocenters. The Morgan fingerprint density at radius 1 is 1.07 bits per heavy atom. The van der Waals surface area contributed by atoms with Crippen molar-refractivity contribution in [3.05, 3.63) is 77.7 Å². The molecule has 0 saturated carbocycles. The Balaban J connectivity index is 1.75. The lowest BCUT2D eigenvalue weighted by molar-refractivity contribution is 0.0979. The van der Waals surface area contributed by atoms with Gasteiger partial charge in [-0.3, -0.25) is 14.5 Å². The summed E-state index contributed by atoms with van der Waals surface area (Å²) in [7, 11) is 0. The molecular formula is C22H18N2O3S2. The molecular weight excluding hydrogens is 404 g/mol. The van der Waals surface area contributed by atoms with E-state index in [1.807, 2.05) is 30.5 Å². The molecule has 0 radical (unpaired) electrons. The summed E-state index contributed by atoms with van der Waals surface area (Å²) >= 11 is 3.10. The van der Waals surface area contributed by atoms with Gasteiger partial charge in [-0.05, 0) is 49.6 Å². The minimum Gasteiger partial charge on any atom is -0.467 e. The molecule has 4 aromatic rings. The minimum absolute atomic E-state index is 0.0350. The predicted octanol–water partition coefficient (Wildman–Crippen LogP) is 5.66. The molecule has 0 N–H and O–H groups in total. The van der Waals surface area contributed by atoms with Gasteiger partial charge in [0, 0.05) is 16.0 Å². The monoisotopic (exact) mass is 422 g/mol. The summed E-state index contributed by atoms with van der Waals surface area (Å²) < 4.78 is 6.50. The topological polar surface area (TPSA) is 63.4 Å². The van der Waals surface area contributed by atoms with E-state index in [2.05, 4.69) is 0 Å². The molecule has 2 heterocycles. The standard InChI is InChI=1S/C22H18N2O3S2/c1-14(25)15-8-10-16(11-9-15)21(26)24(13-17-5-4-12-27-17)22-23-20-18(28-2)6-3-7-19(20)29-22/h3-12H,13H2,1-2H3. The molecule has 1 amide bonds. The van der Waals surface area contributed by atoms with E-state index in [1.54, 1.807) is 53.3 Å². The average Bonchev–Trinajstić information content (AvgIpc) is 3.40. The number of rotatable bonds is 6. The maximum absolute atomic E-state index is 13.3. The van der Waals surface area contributed by atoms with Gasteiger partial charge in [0.2, 0.25) is 0 Å². The SMILES string of the molecule is CSc1cccc2sc(N(Cc3ccco3)C(=O)c3ccc(C(C)=O)cc3)nc12. The van der Waals surface area contributed by atoms with Crippen LogP contribution >= 0.6 is 23.1 Å². The number of thioether (sulfide) groups is 1. The number of ketones is 1. The molecule has 0 aliphatic rings. The normalized spacial score (nSPS) is 11.0. The summed E-state index contributed by atoms with van der Waals surface area (Å²) in [5, 5.41) is 0.610. The molecule has 0 saturated heterocycles. The maximum atomic E-state index is 13.3. The molecule has 146 valence electrons. The molecule has 4 rings (SSSR count). The molecule has 2 aromatic heterocycles. The third-order valence-corrected chi connectivity index (χ3v) is 6.31. The van der Waals surface area contributed by atoms with Gasteiger partial charge in [0.05, 0.1) is 23.0 Å². The molecule has 0 bridgehead atoms. The number of carbonyl (C=O) groups is 2. The fourth-order valence-electron chi connectivity index (χ4n) is 2.98. The molecule has 0 fully saturated rings. The number of amides is 1. The highest BCUT2D eigenvalue weighted by Crippen LogP contribution is 2.35. The van der Waals surface area contributed by atoms with E-state index in [4.69, 9.17) is 9.40 Å². The van der Waals surface area contributed by atoms with Gasteiger partial charge in [-0.2, -0.15) is 0 Å². The number of para-hydroxylation sites is 1. The van der Waals surface area contributed by atoms with Crippen molar-refractivity contribution in [2.45, 2.75) is 18.4 Å². The number of Topliss-reactive ketones (excluding diaryl/α,β-unsaturated/α-hetero) is 1. The van der Waals surface area contributed by atoms with Gasteiger partial charge < -0.3 is 4.42 Å². The van der Waals surface area contributed by atoms with E-state index >= 15 is 0 Å². The minimum atomic E-state index is -0.193. The Kier molecular flexibility index (Phi) is 5.51. The van der Waals surface area contributed by atoms with Crippen molar-refractivity contribution in [3.8, 4) is 0 Å². The van der Waals surface area contributed by atoms with Crippen LogP contribution in [0.5, 0.6) is 0 Å². The van der Waals surface area contributed by atoms with Gasteiger partial charge in [-0.1, -0.05) is 29.5 Å². The summed E-state index contributed by atoms with van der Waals surface area (Å²) in [5.41, 5.74) is 1.96. The van der Waals surface area contributed by atoms with E-state index < -0.39 is 0 Å². The third-order valence-electron chi connectivity index (χ3n) is 4.50. The van der Waals surface area contributed by atoms with Crippen LogP contribution < -0.4 is 4.90 Å². The second-order valence-electron chi connectivity index (χ2n) is 6.41. The average molecular weight is 423 g/mol. The zero-order chi connectivity index (χ0) is 20.4. The van der Waals surface area contributed by atoms with Crippen LogP contribution in [0.3, 0.4) is 0 Å². The molecule has 0 aliphatic carbocycles. The number of furan rings is 1. The largest absolute Gasteiger partial charge is 0.467 e. The van der Waals surface area contributed by atoms with Crippen molar-refractivity contribution in [1.82, 2.24) is 4.98 Å². The second-order valence-corrected chi connectivity index (χ2v) is 8.26. The van der Waals surface area contributed by atoms with Gasteiger partial charge in [-0.25, -0.2) is 4.98 Å². The first-order valence-corrected chi connectivity index (χ1v) is 11.0. The number of thiazole rings is 1. The highest BCUT2D eigenvalue weighted by Gasteiger charge is 2.23. The molecule has 7 heteroatoms. The number of carbonyl (C=O) groups excluding carboxylic acids is 2. The number of benzene rings is 2. The number of fused-ring (bicyclic) bond motifs is 1. The van der Waals surface area contributed by atoms with Crippen LogP contribution in [-0.4, -0.2) is 22.9 Å². The first kappa shape index (κ1) is 19.4. The van der Waals surface area contributed by atoms with Crippen molar-refractivity contribution in [2.75, 3.05) is 11.2 Å². The van der Waals surface area contributed by atoms with Crippen molar-refractivity contribution >= 4 is 50.1 Å². The van der Waals surface area contributed by atoms with Crippen LogP contribution in [0.4, 0.5) is 5.13 Å². The predicted molar refractivity (Wildman–Crippen MR) is 117 cm³/mol. The zero-order valence-corrected chi connectivity index (χ0v) is 17.5. The number of aromatic nitrogens is 1. The number of hydrogen-bond donors (Lipinski definition) is 0. The lowest BCUT2D eigenvalue weighted by Crippen LogP contribution is -2.30. The zero-order valence-electron chi connectivity index (χ0n) is 15.9. The second kappa shape index (κ2) is 8.23. The quantitative estimate of drug-likeness (QED) is 0.296. The van der Waals surface area contributed by atoms with E-state index in [1.165, 1.54) is 18.3 Å². The molecule has 0 atom stereocenters. The van der Waals surface area contributed by atoms with E-state index in [-0.39, 0.29) is 18.2 Å². The summed E-state index contributed by atoms with van der Waals surface area (Å²) in [6, 6.07) is 16.3. The van der Waals surface area contributed by atoms with Crippen LogP contribution in [0, 0.1) is 0 Å². The van der Waals surface area contributed by atoms with E-state index in [0.29, 0.717) is 22.0 Å². The van der Waals surface area contributed by atoms with Crippen LogP contribution in [0.1, 0.15) is 33.4 Å². The summed E-state index contributed by atoms with van der Waals surface area (Å²) in [6.45, 7) is 1.78. The lowest BCUT2D eigenvalue weighted by atomic mass is 10.1. The van der Waals surface area contributed by atoms with E-state index in [9.17, 15) is 9.59 Å². The molecule has 2 aromatic carbocycles. The van der Waals surface area contributed by atoms with Gasteiger partial charge in [0.25, 0.3) is 5.91 Å². The van der Waals surface area contributed by atoms with Crippen molar-refractivity contribution < 1.29 is 14.0 Å². The highest BCUT2D eigenvalue weighted by atomic mass is 32.2. The Morgan fingerprint density at radius 2 is 1.83 bits per heavy atom. The Labute approximate surface area is 176 Å². The van der Waals surface area contributed by atoms with Crippen LogP contribution in [0.2, 0.25) is 0 Å². The van der Waals surface area contributed by atoms with Crippen LogP contribution in [0.15, 0.2) is 70.2 Å². The van der Waals surface area contributed by atoms with Gasteiger partial charge in [0.1, 0.15) is 5.76 Å². The number of hydrogen-bond acceptors (Lipinski definition) is 6.